The molecule has 1 rings (SSSR count). The molecule has 2 atom stereocenters. The van der Waals surface area contributed by atoms with Crippen LogP contribution in [0.4, 0.5) is 4.39 Å². The molecule has 0 aliphatic heterocycles. The maximum absolute atomic E-state index is 13.5. The van der Waals surface area contributed by atoms with Crippen LogP contribution in [0.1, 0.15) is 19.4 Å². The number of rotatable bonds is 4. The largest absolute Gasteiger partial charge is 0.494 e. The van der Waals surface area contributed by atoms with Crippen molar-refractivity contribution < 1.29 is 24.1 Å². The second kappa shape index (κ2) is 4.71. The van der Waals surface area contributed by atoms with E-state index in [0.717, 1.165) is 6.07 Å². The van der Waals surface area contributed by atoms with Crippen LogP contribution in [-0.4, -0.2) is 23.3 Å². The van der Waals surface area contributed by atoms with Crippen molar-refractivity contribution in [2.45, 2.75) is 19.4 Å². The molecule has 0 bridgehead atoms. The van der Waals surface area contributed by atoms with Gasteiger partial charge in [-0.3, -0.25) is 4.79 Å². The van der Waals surface area contributed by atoms with Gasteiger partial charge in [0.25, 0.3) is 0 Å². The number of hydrogen-bond acceptors (Lipinski definition) is 3. The van der Waals surface area contributed by atoms with Gasteiger partial charge in [0.05, 0.1) is 18.6 Å². The van der Waals surface area contributed by atoms with E-state index in [4.69, 9.17) is 9.84 Å². The standard InChI is InChI=1S/C12H15FO4/c1-7(11(14)15)12(2,16)8-4-5-10(17-3)9(13)6-8/h4-7,16H,1-3H3,(H,14,15). The third kappa shape index (κ3) is 2.55. The molecule has 0 fully saturated rings. The Kier molecular flexibility index (Phi) is 3.72. The fraction of sp³-hybridized carbons (Fsp3) is 0.417. The van der Waals surface area contributed by atoms with Gasteiger partial charge in [0.1, 0.15) is 0 Å². The van der Waals surface area contributed by atoms with Crippen molar-refractivity contribution in [2.75, 3.05) is 7.11 Å². The van der Waals surface area contributed by atoms with Crippen molar-refractivity contribution in [1.82, 2.24) is 0 Å². The minimum absolute atomic E-state index is 0.0486. The molecule has 0 aromatic heterocycles. The molecule has 0 aliphatic rings. The summed E-state index contributed by atoms with van der Waals surface area (Å²) in [5, 5.41) is 19.0. The number of carboxylic acid groups (broad SMARTS) is 1. The van der Waals surface area contributed by atoms with Gasteiger partial charge in [-0.1, -0.05) is 6.07 Å². The van der Waals surface area contributed by atoms with Crippen molar-refractivity contribution >= 4 is 5.97 Å². The van der Waals surface area contributed by atoms with E-state index in [-0.39, 0.29) is 11.3 Å². The van der Waals surface area contributed by atoms with E-state index in [0.29, 0.717) is 0 Å². The Hall–Kier alpha value is -1.62. The summed E-state index contributed by atoms with van der Waals surface area (Å²) in [6.45, 7) is 2.71. The topological polar surface area (TPSA) is 66.8 Å². The van der Waals surface area contributed by atoms with E-state index < -0.39 is 23.3 Å². The first-order chi connectivity index (χ1) is 7.80. The summed E-state index contributed by atoms with van der Waals surface area (Å²) in [5.41, 5.74) is -1.44. The molecule has 4 nitrogen and oxygen atoms in total. The van der Waals surface area contributed by atoms with Crippen LogP contribution in [0.15, 0.2) is 18.2 Å². The molecular weight excluding hydrogens is 227 g/mol. The Morgan fingerprint density at radius 3 is 2.53 bits per heavy atom. The summed E-state index contributed by atoms with van der Waals surface area (Å²) in [4.78, 5) is 10.8. The van der Waals surface area contributed by atoms with Gasteiger partial charge in [-0.25, -0.2) is 4.39 Å². The van der Waals surface area contributed by atoms with Crippen LogP contribution in [0.5, 0.6) is 5.75 Å². The molecule has 94 valence electrons. The highest BCUT2D eigenvalue weighted by atomic mass is 19.1. The van der Waals surface area contributed by atoms with Crippen LogP contribution >= 0.6 is 0 Å². The molecule has 0 heterocycles. The van der Waals surface area contributed by atoms with Crippen molar-refractivity contribution in [1.29, 1.82) is 0 Å². The maximum atomic E-state index is 13.5. The van der Waals surface area contributed by atoms with Gasteiger partial charge in [-0.15, -0.1) is 0 Å². The Labute approximate surface area is 98.7 Å². The number of methoxy groups -OCH3 is 1. The summed E-state index contributed by atoms with van der Waals surface area (Å²) in [6, 6.07) is 3.88. The van der Waals surface area contributed by atoms with Gasteiger partial charge >= 0.3 is 5.97 Å². The number of ether oxygens (including phenoxy) is 1. The lowest BCUT2D eigenvalue weighted by Crippen LogP contribution is -2.35. The molecule has 2 unspecified atom stereocenters. The average molecular weight is 242 g/mol. The minimum atomic E-state index is -1.64. The second-order valence-corrected chi connectivity index (χ2v) is 4.06. The van der Waals surface area contributed by atoms with Crippen LogP contribution in [0.3, 0.4) is 0 Å². The lowest BCUT2D eigenvalue weighted by atomic mass is 9.84. The third-order valence-electron chi connectivity index (χ3n) is 2.95. The van der Waals surface area contributed by atoms with E-state index in [2.05, 4.69) is 0 Å². The lowest BCUT2D eigenvalue weighted by molar-refractivity contribution is -0.150. The van der Waals surface area contributed by atoms with E-state index >= 15 is 0 Å². The summed E-state index contributed by atoms with van der Waals surface area (Å²) in [7, 11) is 1.33. The molecule has 0 saturated heterocycles. The summed E-state index contributed by atoms with van der Waals surface area (Å²) in [6.07, 6.45) is 0. The predicted molar refractivity (Wildman–Crippen MR) is 59.3 cm³/mol. The van der Waals surface area contributed by atoms with Gasteiger partial charge in [-0.05, 0) is 31.5 Å². The van der Waals surface area contributed by atoms with E-state index in [9.17, 15) is 14.3 Å². The number of halogens is 1. The van der Waals surface area contributed by atoms with E-state index in [1.165, 1.54) is 33.1 Å². The first-order valence-corrected chi connectivity index (χ1v) is 5.10. The molecule has 0 amide bonds. The summed E-state index contributed by atoms with van der Waals surface area (Å²) < 4.78 is 18.2. The minimum Gasteiger partial charge on any atom is -0.494 e. The normalized spacial score (nSPS) is 16.1. The number of aliphatic hydroxyl groups is 1. The highest BCUT2D eigenvalue weighted by Gasteiger charge is 2.35. The zero-order valence-corrected chi connectivity index (χ0v) is 9.90. The number of hydrogen-bond donors (Lipinski definition) is 2. The molecule has 1 aromatic rings. The SMILES string of the molecule is COc1ccc(C(C)(O)C(C)C(=O)O)cc1F. The smallest absolute Gasteiger partial charge is 0.309 e. The van der Waals surface area contributed by atoms with Gasteiger partial charge in [0.2, 0.25) is 0 Å². The Morgan fingerprint density at radius 1 is 1.53 bits per heavy atom. The van der Waals surface area contributed by atoms with Crippen LogP contribution in [0.2, 0.25) is 0 Å². The van der Waals surface area contributed by atoms with Crippen molar-refractivity contribution in [3.05, 3.63) is 29.6 Å². The molecule has 1 aromatic carbocycles. The molecule has 17 heavy (non-hydrogen) atoms. The third-order valence-corrected chi connectivity index (χ3v) is 2.95. The summed E-state index contributed by atoms with van der Waals surface area (Å²) >= 11 is 0. The summed E-state index contributed by atoms with van der Waals surface area (Å²) in [5.74, 6) is -2.78. The van der Waals surface area contributed by atoms with E-state index in [1.807, 2.05) is 0 Å². The number of aliphatic carboxylic acids is 1. The molecule has 0 radical (unpaired) electrons. The van der Waals surface area contributed by atoms with Crippen LogP contribution < -0.4 is 4.74 Å². The zero-order valence-electron chi connectivity index (χ0n) is 9.90. The second-order valence-electron chi connectivity index (χ2n) is 4.06. The zero-order chi connectivity index (χ0) is 13.2. The molecule has 0 aliphatic carbocycles. The molecule has 0 spiro atoms. The molecule has 2 N–H and O–H groups in total. The van der Waals surface area contributed by atoms with E-state index in [1.54, 1.807) is 0 Å². The first kappa shape index (κ1) is 13.4. The van der Waals surface area contributed by atoms with Gasteiger partial charge in [0.15, 0.2) is 11.6 Å². The van der Waals surface area contributed by atoms with Gasteiger partial charge in [0, 0.05) is 0 Å². The molecular formula is C12H15FO4. The monoisotopic (exact) mass is 242 g/mol. The Bertz CT molecular complexity index is 429. The molecule has 5 heteroatoms. The number of carbonyl (C=O) groups is 1. The fourth-order valence-electron chi connectivity index (χ4n) is 1.47. The maximum Gasteiger partial charge on any atom is 0.309 e. The van der Waals surface area contributed by atoms with Crippen LogP contribution in [-0.2, 0) is 10.4 Å². The van der Waals surface area contributed by atoms with Crippen LogP contribution in [0.25, 0.3) is 0 Å². The Morgan fingerprint density at radius 2 is 2.12 bits per heavy atom. The van der Waals surface area contributed by atoms with Crippen molar-refractivity contribution in [3.8, 4) is 5.75 Å². The fourth-order valence-corrected chi connectivity index (χ4v) is 1.47. The van der Waals surface area contributed by atoms with Crippen molar-refractivity contribution in [3.63, 3.8) is 0 Å². The Balaban J connectivity index is 3.15. The highest BCUT2D eigenvalue weighted by molar-refractivity contribution is 5.71. The lowest BCUT2D eigenvalue weighted by Gasteiger charge is -2.28. The van der Waals surface area contributed by atoms with Crippen LogP contribution in [0, 0.1) is 11.7 Å². The number of carboxylic acids is 1. The quantitative estimate of drug-likeness (QED) is 0.844. The van der Waals surface area contributed by atoms with Gasteiger partial charge in [-0.2, -0.15) is 0 Å². The number of benzene rings is 1. The predicted octanol–water partition coefficient (Wildman–Crippen LogP) is 1.76. The highest BCUT2D eigenvalue weighted by Crippen LogP contribution is 2.31. The molecule has 0 saturated carbocycles. The van der Waals surface area contributed by atoms with Gasteiger partial charge < -0.3 is 14.9 Å². The average Bonchev–Trinajstić information content (AvgIpc) is 2.27. The first-order valence-electron chi connectivity index (χ1n) is 5.10. The van der Waals surface area contributed by atoms with Crippen molar-refractivity contribution in [2.24, 2.45) is 5.92 Å².